The van der Waals surface area contributed by atoms with Gasteiger partial charge in [0.15, 0.2) is 0 Å². The third-order valence-corrected chi connectivity index (χ3v) is 6.12. The molecule has 0 fully saturated rings. The fourth-order valence-corrected chi connectivity index (χ4v) is 4.45. The molecular formula is C27H20N6O. The zero-order valence-corrected chi connectivity index (χ0v) is 18.4. The minimum atomic E-state index is -1.50. The summed E-state index contributed by atoms with van der Waals surface area (Å²) in [6, 6.07) is 32.3. The Morgan fingerprint density at radius 1 is 0.647 bits per heavy atom. The standard InChI is InChI=1S/C27H20N6O/c1-19-15-17-21(18-16-19)27(26(34)20-9-3-2-4-10-20,32-24-13-7-5-11-22(24)28-30-32)33-25-14-8-6-12-23(25)29-31-33/h2-18H,1H3. The van der Waals surface area contributed by atoms with Gasteiger partial charge >= 0.3 is 0 Å². The summed E-state index contributed by atoms with van der Waals surface area (Å²) in [5.74, 6) is -0.191. The number of ketones is 1. The van der Waals surface area contributed by atoms with E-state index in [0.29, 0.717) is 33.2 Å². The third-order valence-electron chi connectivity index (χ3n) is 6.12. The van der Waals surface area contributed by atoms with Crippen molar-refractivity contribution >= 4 is 27.9 Å². The fourth-order valence-electron chi connectivity index (χ4n) is 4.45. The number of carbonyl (C=O) groups is 1. The minimum Gasteiger partial charge on any atom is -0.289 e. The van der Waals surface area contributed by atoms with Crippen LogP contribution >= 0.6 is 0 Å². The van der Waals surface area contributed by atoms with E-state index in [1.807, 2.05) is 110 Å². The first-order valence-electron chi connectivity index (χ1n) is 11.0. The Balaban J connectivity index is 1.80. The van der Waals surface area contributed by atoms with Crippen molar-refractivity contribution in [1.29, 1.82) is 0 Å². The molecular weight excluding hydrogens is 424 g/mol. The lowest BCUT2D eigenvalue weighted by molar-refractivity contribution is 0.0786. The molecule has 0 radical (unpaired) electrons. The maximum Gasteiger partial charge on any atom is 0.246 e. The highest BCUT2D eigenvalue weighted by molar-refractivity contribution is 6.05. The largest absolute Gasteiger partial charge is 0.289 e. The van der Waals surface area contributed by atoms with Gasteiger partial charge in [0, 0.05) is 11.1 Å². The molecule has 0 amide bonds. The first-order valence-corrected chi connectivity index (χ1v) is 11.0. The fraction of sp³-hybridized carbons (Fsp3) is 0.0741. The maximum absolute atomic E-state index is 14.7. The van der Waals surface area contributed by atoms with E-state index in [1.165, 1.54) is 0 Å². The predicted octanol–water partition coefficient (Wildman–Crippen LogP) is 4.62. The van der Waals surface area contributed by atoms with Gasteiger partial charge in [0.1, 0.15) is 11.0 Å². The van der Waals surface area contributed by atoms with Crippen LogP contribution in [0.25, 0.3) is 22.1 Å². The molecule has 0 bridgehead atoms. The highest BCUT2D eigenvalue weighted by atomic mass is 16.1. The van der Waals surface area contributed by atoms with Gasteiger partial charge in [0.2, 0.25) is 11.4 Å². The van der Waals surface area contributed by atoms with E-state index in [-0.39, 0.29) is 5.78 Å². The molecule has 0 aliphatic heterocycles. The number of hydrogen-bond acceptors (Lipinski definition) is 5. The van der Waals surface area contributed by atoms with Crippen molar-refractivity contribution < 1.29 is 4.79 Å². The van der Waals surface area contributed by atoms with E-state index < -0.39 is 5.66 Å². The van der Waals surface area contributed by atoms with Gasteiger partial charge in [0.25, 0.3) is 0 Å². The Hall–Kier alpha value is -4.65. The van der Waals surface area contributed by atoms with Gasteiger partial charge in [-0.25, -0.2) is 9.36 Å². The number of carbonyl (C=O) groups excluding carboxylic acids is 1. The van der Waals surface area contributed by atoms with E-state index in [2.05, 4.69) is 20.6 Å². The molecule has 164 valence electrons. The highest BCUT2D eigenvalue weighted by Crippen LogP contribution is 2.36. The number of Topliss-reactive ketones (excluding diaryl/α,β-unsaturated/α-hetero) is 1. The van der Waals surface area contributed by atoms with Gasteiger partial charge in [-0.3, -0.25) is 4.79 Å². The summed E-state index contributed by atoms with van der Waals surface area (Å²) < 4.78 is 3.34. The second kappa shape index (κ2) is 7.74. The second-order valence-electron chi connectivity index (χ2n) is 8.21. The van der Waals surface area contributed by atoms with Crippen LogP contribution in [0.4, 0.5) is 0 Å². The van der Waals surface area contributed by atoms with Gasteiger partial charge in [-0.05, 0) is 31.2 Å². The van der Waals surface area contributed by atoms with Crippen molar-refractivity contribution in [3.63, 3.8) is 0 Å². The van der Waals surface area contributed by atoms with Gasteiger partial charge in [-0.1, -0.05) is 94.9 Å². The summed E-state index contributed by atoms with van der Waals surface area (Å²) in [6.07, 6.45) is 0. The van der Waals surface area contributed by atoms with E-state index in [9.17, 15) is 4.79 Å². The van der Waals surface area contributed by atoms with Crippen LogP contribution in [0.15, 0.2) is 103 Å². The number of hydrogen-bond donors (Lipinski definition) is 0. The normalized spacial score (nSPS) is 11.8. The molecule has 7 nitrogen and oxygen atoms in total. The van der Waals surface area contributed by atoms with E-state index in [1.54, 1.807) is 9.36 Å². The average Bonchev–Trinajstić information content (AvgIpc) is 3.52. The topological polar surface area (TPSA) is 78.5 Å². The van der Waals surface area contributed by atoms with E-state index >= 15 is 0 Å². The van der Waals surface area contributed by atoms with Crippen LogP contribution in [0.2, 0.25) is 0 Å². The first-order chi connectivity index (χ1) is 16.7. The number of rotatable bonds is 5. The number of para-hydroxylation sites is 2. The van der Waals surface area contributed by atoms with Crippen molar-refractivity contribution in [3.8, 4) is 0 Å². The van der Waals surface area contributed by atoms with Crippen molar-refractivity contribution in [2.24, 2.45) is 0 Å². The van der Waals surface area contributed by atoms with Crippen LogP contribution in [0, 0.1) is 6.92 Å². The van der Waals surface area contributed by atoms with Crippen LogP contribution < -0.4 is 0 Å². The predicted molar refractivity (Wildman–Crippen MR) is 129 cm³/mol. The molecule has 4 aromatic carbocycles. The van der Waals surface area contributed by atoms with Gasteiger partial charge < -0.3 is 0 Å². The summed E-state index contributed by atoms with van der Waals surface area (Å²) in [5.41, 5.74) is 3.62. The van der Waals surface area contributed by atoms with Gasteiger partial charge in [0.05, 0.1) is 11.0 Å². The van der Waals surface area contributed by atoms with Crippen LogP contribution in [0.3, 0.4) is 0 Å². The smallest absolute Gasteiger partial charge is 0.246 e. The Bertz CT molecular complexity index is 1560. The summed E-state index contributed by atoms with van der Waals surface area (Å²) in [7, 11) is 0. The molecule has 6 rings (SSSR count). The number of benzene rings is 4. The minimum absolute atomic E-state index is 0.191. The lowest BCUT2D eigenvalue weighted by atomic mass is 9.89. The van der Waals surface area contributed by atoms with Crippen LogP contribution in [0.1, 0.15) is 21.5 Å². The van der Waals surface area contributed by atoms with E-state index in [0.717, 1.165) is 5.56 Å². The SMILES string of the molecule is Cc1ccc(C(C(=O)c2ccccc2)(n2nnc3ccccc32)n2nnc3ccccc32)cc1. The average molecular weight is 444 g/mol. The van der Waals surface area contributed by atoms with Crippen molar-refractivity contribution in [1.82, 2.24) is 30.0 Å². The molecule has 0 N–H and O–H groups in total. The Morgan fingerprint density at radius 2 is 1.15 bits per heavy atom. The Labute approximate surface area is 195 Å². The number of fused-ring (bicyclic) bond motifs is 2. The molecule has 0 spiro atoms. The maximum atomic E-state index is 14.7. The quantitative estimate of drug-likeness (QED) is 0.363. The second-order valence-corrected chi connectivity index (χ2v) is 8.21. The molecule has 0 saturated heterocycles. The molecule has 2 heterocycles. The van der Waals surface area contributed by atoms with Crippen LogP contribution in [-0.4, -0.2) is 35.8 Å². The Kier molecular flexibility index (Phi) is 4.55. The van der Waals surface area contributed by atoms with Crippen molar-refractivity contribution in [2.45, 2.75) is 12.6 Å². The molecule has 7 heteroatoms. The summed E-state index contributed by atoms with van der Waals surface area (Å²) in [5, 5.41) is 17.9. The number of aryl methyl sites for hydroxylation is 1. The molecule has 6 aromatic rings. The molecule has 0 aliphatic carbocycles. The Morgan fingerprint density at radius 3 is 1.71 bits per heavy atom. The molecule has 0 unspecified atom stereocenters. The van der Waals surface area contributed by atoms with Crippen LogP contribution in [0.5, 0.6) is 0 Å². The molecule has 0 aliphatic rings. The number of aromatic nitrogens is 6. The zero-order valence-electron chi connectivity index (χ0n) is 18.4. The van der Waals surface area contributed by atoms with E-state index in [4.69, 9.17) is 0 Å². The summed E-state index contributed by atoms with van der Waals surface area (Å²) in [6.45, 7) is 2.01. The monoisotopic (exact) mass is 444 g/mol. The first kappa shape index (κ1) is 20.0. The zero-order chi connectivity index (χ0) is 23.1. The molecule has 0 saturated carbocycles. The van der Waals surface area contributed by atoms with Gasteiger partial charge in [-0.15, -0.1) is 10.2 Å². The third kappa shape index (κ3) is 2.87. The molecule has 0 atom stereocenters. The van der Waals surface area contributed by atoms with Crippen molar-refractivity contribution in [2.75, 3.05) is 0 Å². The van der Waals surface area contributed by atoms with Gasteiger partial charge in [-0.2, -0.15) is 0 Å². The summed E-state index contributed by atoms with van der Waals surface area (Å²) >= 11 is 0. The highest BCUT2D eigenvalue weighted by Gasteiger charge is 2.48. The van der Waals surface area contributed by atoms with Crippen molar-refractivity contribution in [3.05, 3.63) is 120 Å². The lowest BCUT2D eigenvalue weighted by Gasteiger charge is -2.34. The lowest BCUT2D eigenvalue weighted by Crippen LogP contribution is -2.51. The molecule has 34 heavy (non-hydrogen) atoms. The number of nitrogens with zero attached hydrogens (tertiary/aromatic N) is 6. The van der Waals surface area contributed by atoms with Crippen LogP contribution in [-0.2, 0) is 5.66 Å². The summed E-state index contributed by atoms with van der Waals surface area (Å²) in [4.78, 5) is 14.7. The molecule has 2 aromatic heterocycles.